The van der Waals surface area contributed by atoms with Gasteiger partial charge in [-0.3, -0.25) is 18.7 Å². The zero-order valence-electron chi connectivity index (χ0n) is 14.4. The van der Waals surface area contributed by atoms with Crippen molar-refractivity contribution in [1.82, 2.24) is 19.4 Å². The van der Waals surface area contributed by atoms with E-state index in [2.05, 4.69) is 11.9 Å². The van der Waals surface area contributed by atoms with Gasteiger partial charge in [0.05, 0.1) is 0 Å². The molecule has 0 bridgehead atoms. The summed E-state index contributed by atoms with van der Waals surface area (Å²) in [6, 6.07) is 0. The highest BCUT2D eigenvalue weighted by Gasteiger charge is 2.23. The topological polar surface area (TPSA) is 59.3 Å². The van der Waals surface area contributed by atoms with E-state index in [9.17, 15) is 9.59 Å². The highest BCUT2D eigenvalue weighted by Crippen LogP contribution is 2.35. The van der Waals surface area contributed by atoms with Gasteiger partial charge in [0.25, 0.3) is 11.1 Å². The van der Waals surface area contributed by atoms with Crippen LogP contribution in [0.25, 0.3) is 12.2 Å². The molecule has 1 aromatic heterocycles. The van der Waals surface area contributed by atoms with Gasteiger partial charge < -0.3 is 10.2 Å². The fourth-order valence-electron chi connectivity index (χ4n) is 2.91. The first-order valence-electron chi connectivity index (χ1n) is 7.53. The van der Waals surface area contributed by atoms with Crippen LogP contribution < -0.4 is 27.1 Å². The maximum atomic E-state index is 12.7. The van der Waals surface area contributed by atoms with Gasteiger partial charge >= 0.3 is 0 Å². The Kier molecular flexibility index (Phi) is 4.63. The molecule has 0 aliphatic heterocycles. The van der Waals surface area contributed by atoms with Crippen molar-refractivity contribution in [3.8, 4) is 0 Å². The Balaban J connectivity index is 3.07. The van der Waals surface area contributed by atoms with Crippen LogP contribution in [0.3, 0.4) is 0 Å². The molecule has 1 fully saturated rings. The van der Waals surface area contributed by atoms with Crippen LogP contribution >= 0.6 is 0 Å². The number of hydrogen-bond acceptors (Lipinski definition) is 4. The van der Waals surface area contributed by atoms with Crippen molar-refractivity contribution in [2.75, 3.05) is 21.1 Å². The molecule has 0 saturated heterocycles. The number of rotatable bonds is 2. The predicted molar refractivity (Wildman–Crippen MR) is 93.3 cm³/mol. The van der Waals surface area contributed by atoms with Gasteiger partial charge in [-0.2, -0.15) is 0 Å². The maximum absolute atomic E-state index is 12.7. The summed E-state index contributed by atoms with van der Waals surface area (Å²) < 4.78 is 2.85. The number of hydrogen-bond donors (Lipinski definition) is 1. The van der Waals surface area contributed by atoms with Gasteiger partial charge in [-0.15, -0.1) is 0 Å². The van der Waals surface area contributed by atoms with Crippen molar-refractivity contribution >= 4 is 12.2 Å². The first-order valence-corrected chi connectivity index (χ1v) is 7.53. The van der Waals surface area contributed by atoms with E-state index in [1.165, 1.54) is 9.13 Å². The Morgan fingerprint density at radius 1 is 1.09 bits per heavy atom. The second-order valence-corrected chi connectivity index (χ2v) is 5.97. The van der Waals surface area contributed by atoms with Crippen LogP contribution in [-0.4, -0.2) is 35.2 Å². The smallest absolute Gasteiger partial charge is 0.265 e. The lowest BCUT2D eigenvalue weighted by Crippen LogP contribution is -2.57. The van der Waals surface area contributed by atoms with E-state index in [1.807, 2.05) is 38.4 Å². The molecule has 0 atom stereocenters. The summed E-state index contributed by atoms with van der Waals surface area (Å²) >= 11 is 0. The van der Waals surface area contributed by atoms with Crippen molar-refractivity contribution < 1.29 is 0 Å². The lowest BCUT2D eigenvalue weighted by Gasteiger charge is -2.11. The van der Waals surface area contributed by atoms with E-state index in [1.54, 1.807) is 14.1 Å². The summed E-state index contributed by atoms with van der Waals surface area (Å²) in [5, 5.41) is 3.23. The monoisotopic (exact) mass is 316 g/mol. The van der Waals surface area contributed by atoms with Crippen molar-refractivity contribution in [2.24, 2.45) is 14.1 Å². The molecule has 1 aromatic rings. The van der Waals surface area contributed by atoms with E-state index >= 15 is 0 Å². The Hall–Kier alpha value is -2.50. The molecule has 0 radical (unpaired) electrons. The highest BCUT2D eigenvalue weighted by molar-refractivity contribution is 5.80. The molecule has 6 nitrogen and oxygen atoms in total. The molecule has 0 aromatic carbocycles. The van der Waals surface area contributed by atoms with Gasteiger partial charge in [-0.1, -0.05) is 6.58 Å². The quantitative estimate of drug-likeness (QED) is 0.759. The van der Waals surface area contributed by atoms with E-state index < -0.39 is 0 Å². The molecule has 124 valence electrons. The molecule has 1 aliphatic rings. The lowest BCUT2D eigenvalue weighted by molar-refractivity contribution is 0.558. The molecule has 6 heteroatoms. The van der Waals surface area contributed by atoms with E-state index in [4.69, 9.17) is 0 Å². The third kappa shape index (κ3) is 2.88. The predicted octanol–water partition coefficient (Wildman–Crippen LogP) is -1.01. The summed E-state index contributed by atoms with van der Waals surface area (Å²) in [6.07, 6.45) is 5.44. The molecule has 0 unspecified atom stereocenters. The molecular formula is C17H24N4O2. The Bertz CT molecular complexity index is 870. The van der Waals surface area contributed by atoms with Crippen molar-refractivity contribution in [2.45, 2.75) is 12.8 Å². The van der Waals surface area contributed by atoms with E-state index in [0.29, 0.717) is 5.48 Å². The fraction of sp³-hybridized carbons (Fsp3) is 0.412. The lowest BCUT2D eigenvalue weighted by atomic mass is 10.1. The van der Waals surface area contributed by atoms with Crippen molar-refractivity contribution in [1.29, 1.82) is 0 Å². The van der Waals surface area contributed by atoms with Gasteiger partial charge in [0.1, 0.15) is 10.7 Å². The molecular weight excluding hydrogens is 292 g/mol. The first-order chi connectivity index (χ1) is 10.8. The van der Waals surface area contributed by atoms with Crippen LogP contribution in [0.1, 0.15) is 12.8 Å². The Labute approximate surface area is 135 Å². The standard InChI is InChI=1S/C17H24N4O2/c1-11-20(5)16(22)15(17(23)21(11)6)14-12(9-18-2)7-8-13(14)10-19(3)4/h9-10,18H,1,7-8H2,2-6H3/b12-9+,13-10+. The average molecular weight is 316 g/mol. The molecule has 0 spiro atoms. The van der Waals surface area contributed by atoms with Crippen LogP contribution in [0.2, 0.25) is 0 Å². The molecule has 2 rings (SSSR count). The van der Waals surface area contributed by atoms with Gasteiger partial charge in [0, 0.05) is 53.2 Å². The van der Waals surface area contributed by atoms with Crippen molar-refractivity contribution in [3.63, 3.8) is 0 Å². The highest BCUT2D eigenvalue weighted by atomic mass is 16.1. The summed E-state index contributed by atoms with van der Waals surface area (Å²) in [7, 11) is 8.95. The number of aromatic nitrogens is 2. The summed E-state index contributed by atoms with van der Waals surface area (Å²) in [5.74, 6) is 0. The van der Waals surface area contributed by atoms with Crippen LogP contribution in [0.15, 0.2) is 33.1 Å². The maximum Gasteiger partial charge on any atom is 0.265 e. The largest absolute Gasteiger partial charge is 0.394 e. The third-order valence-corrected chi connectivity index (χ3v) is 4.10. The minimum absolute atomic E-state index is 0.217. The molecule has 1 N–H and O–H groups in total. The minimum Gasteiger partial charge on any atom is -0.394 e. The molecule has 23 heavy (non-hydrogen) atoms. The molecule has 1 saturated carbocycles. The SMILES string of the molecule is C=c1n(C)c(=O)c(=C2/C(=C/NC)CC/C2=C\N(C)C)c(=O)n1C. The molecule has 1 aliphatic carbocycles. The van der Waals surface area contributed by atoms with E-state index in [-0.39, 0.29) is 16.3 Å². The normalized spacial score (nSPS) is 18.0. The number of nitrogens with zero attached hydrogens (tertiary/aromatic N) is 3. The third-order valence-electron chi connectivity index (χ3n) is 4.10. The zero-order chi connectivity index (χ0) is 17.3. The molecule has 1 heterocycles. The van der Waals surface area contributed by atoms with Gasteiger partial charge in [-0.25, -0.2) is 0 Å². The van der Waals surface area contributed by atoms with Gasteiger partial charge in [-0.05, 0) is 24.0 Å². The number of nitrogens with one attached hydrogen (secondary N) is 1. The first kappa shape index (κ1) is 16.9. The van der Waals surface area contributed by atoms with Crippen LogP contribution in [-0.2, 0) is 14.1 Å². The van der Waals surface area contributed by atoms with Crippen LogP contribution in [0.5, 0.6) is 0 Å². The van der Waals surface area contributed by atoms with Gasteiger partial charge in [0.2, 0.25) is 0 Å². The van der Waals surface area contributed by atoms with Crippen LogP contribution in [0.4, 0.5) is 0 Å². The Morgan fingerprint density at radius 3 is 2.09 bits per heavy atom. The summed E-state index contributed by atoms with van der Waals surface area (Å²) in [4.78, 5) is 27.4. The second kappa shape index (κ2) is 6.32. The van der Waals surface area contributed by atoms with E-state index in [0.717, 1.165) is 29.6 Å². The fourth-order valence-corrected chi connectivity index (χ4v) is 2.91. The average Bonchev–Trinajstić information content (AvgIpc) is 2.86. The summed E-state index contributed by atoms with van der Waals surface area (Å²) in [5.41, 5.74) is 2.51. The summed E-state index contributed by atoms with van der Waals surface area (Å²) in [6.45, 7) is 3.80. The second-order valence-electron chi connectivity index (χ2n) is 5.97. The zero-order valence-corrected chi connectivity index (χ0v) is 14.4. The number of allylic oxidation sites excluding steroid dienone is 2. The minimum atomic E-state index is -0.304. The Morgan fingerprint density at radius 2 is 1.61 bits per heavy atom. The van der Waals surface area contributed by atoms with Crippen molar-refractivity contribution in [3.05, 3.63) is 55.0 Å². The van der Waals surface area contributed by atoms with Crippen LogP contribution in [0, 0.1) is 0 Å². The molecule has 0 amide bonds. The van der Waals surface area contributed by atoms with Gasteiger partial charge in [0.15, 0.2) is 0 Å².